The second kappa shape index (κ2) is 5.76. The second-order valence-corrected chi connectivity index (χ2v) is 6.48. The maximum atomic E-state index is 12.8. The van der Waals surface area contributed by atoms with Gasteiger partial charge in [-0.05, 0) is 44.2 Å². The molecule has 0 unspecified atom stereocenters. The number of piperidine rings is 1. The zero-order valence-electron chi connectivity index (χ0n) is 13.0. The third kappa shape index (κ3) is 2.57. The zero-order valence-corrected chi connectivity index (χ0v) is 13.0. The van der Waals surface area contributed by atoms with E-state index in [4.69, 9.17) is 4.74 Å². The number of pyridine rings is 1. The first-order valence-electron chi connectivity index (χ1n) is 7.90. The van der Waals surface area contributed by atoms with Crippen LogP contribution in [-0.2, 0) is 4.74 Å². The average Bonchev–Trinajstić information content (AvgIpc) is 2.89. The molecule has 1 aliphatic carbocycles. The molecule has 2 heterocycles. The summed E-state index contributed by atoms with van der Waals surface area (Å²) in [5.41, 5.74) is 1.73. The Hall–Kier alpha value is -1.42. The Labute approximate surface area is 126 Å². The number of aryl methyl sites for hydroxylation is 1. The van der Waals surface area contributed by atoms with Gasteiger partial charge in [-0.2, -0.15) is 0 Å². The fourth-order valence-electron chi connectivity index (χ4n) is 4.13. The molecule has 3 rings (SSSR count). The SMILES string of the molecule is CO[C@@H]1CCC[C@@]12CCCN(C(=O)c1ncccc1C)C2. The molecule has 4 nitrogen and oxygen atoms in total. The van der Waals surface area contributed by atoms with Crippen molar-refractivity contribution >= 4 is 5.91 Å². The first-order chi connectivity index (χ1) is 10.2. The molecule has 1 aromatic heterocycles. The number of amides is 1. The van der Waals surface area contributed by atoms with E-state index in [1.165, 1.54) is 19.3 Å². The van der Waals surface area contributed by atoms with Gasteiger partial charge in [-0.25, -0.2) is 0 Å². The molecule has 4 heteroatoms. The maximum Gasteiger partial charge on any atom is 0.272 e. The van der Waals surface area contributed by atoms with Gasteiger partial charge in [0.1, 0.15) is 5.69 Å². The minimum Gasteiger partial charge on any atom is -0.381 e. The van der Waals surface area contributed by atoms with Gasteiger partial charge in [0.2, 0.25) is 0 Å². The van der Waals surface area contributed by atoms with Crippen LogP contribution in [0.15, 0.2) is 18.3 Å². The number of hydrogen-bond acceptors (Lipinski definition) is 3. The number of hydrogen-bond donors (Lipinski definition) is 0. The normalized spacial score (nSPS) is 29.0. The van der Waals surface area contributed by atoms with Crippen LogP contribution in [0.1, 0.15) is 48.2 Å². The van der Waals surface area contributed by atoms with Gasteiger partial charge in [-0.1, -0.05) is 12.5 Å². The van der Waals surface area contributed by atoms with Crippen molar-refractivity contribution in [2.45, 2.75) is 45.1 Å². The number of nitrogens with zero attached hydrogens (tertiary/aromatic N) is 2. The predicted molar refractivity (Wildman–Crippen MR) is 81.2 cm³/mol. The summed E-state index contributed by atoms with van der Waals surface area (Å²) in [5.74, 6) is 0.0777. The van der Waals surface area contributed by atoms with Crippen LogP contribution in [0, 0.1) is 12.3 Å². The highest BCUT2D eigenvalue weighted by Gasteiger charge is 2.46. The Morgan fingerprint density at radius 1 is 1.43 bits per heavy atom. The summed E-state index contributed by atoms with van der Waals surface area (Å²) >= 11 is 0. The fraction of sp³-hybridized carbons (Fsp3) is 0.647. The van der Waals surface area contributed by atoms with Crippen molar-refractivity contribution in [3.63, 3.8) is 0 Å². The molecule has 2 fully saturated rings. The van der Waals surface area contributed by atoms with Crippen molar-refractivity contribution in [2.24, 2.45) is 5.41 Å². The van der Waals surface area contributed by atoms with Crippen LogP contribution < -0.4 is 0 Å². The van der Waals surface area contributed by atoms with Crippen molar-refractivity contribution < 1.29 is 9.53 Å². The Morgan fingerprint density at radius 2 is 2.24 bits per heavy atom. The van der Waals surface area contributed by atoms with Crippen LogP contribution in [-0.4, -0.2) is 42.1 Å². The Balaban J connectivity index is 1.80. The molecule has 21 heavy (non-hydrogen) atoms. The van der Waals surface area contributed by atoms with Crippen LogP contribution >= 0.6 is 0 Å². The topological polar surface area (TPSA) is 42.4 Å². The Morgan fingerprint density at radius 3 is 3.00 bits per heavy atom. The third-order valence-electron chi connectivity index (χ3n) is 5.22. The van der Waals surface area contributed by atoms with E-state index in [-0.39, 0.29) is 11.3 Å². The van der Waals surface area contributed by atoms with Crippen LogP contribution in [0.25, 0.3) is 0 Å². The first kappa shape index (κ1) is 14.5. The van der Waals surface area contributed by atoms with E-state index >= 15 is 0 Å². The van der Waals surface area contributed by atoms with Crippen LogP contribution in [0.2, 0.25) is 0 Å². The van der Waals surface area contributed by atoms with Gasteiger partial charge in [-0.3, -0.25) is 9.78 Å². The fourth-order valence-corrected chi connectivity index (χ4v) is 4.13. The van der Waals surface area contributed by atoms with Crippen molar-refractivity contribution in [3.05, 3.63) is 29.6 Å². The number of rotatable bonds is 2. The summed E-state index contributed by atoms with van der Waals surface area (Å²) < 4.78 is 5.71. The van der Waals surface area contributed by atoms with Crippen LogP contribution in [0.4, 0.5) is 0 Å². The summed E-state index contributed by atoms with van der Waals surface area (Å²) in [6, 6.07) is 3.83. The number of aromatic nitrogens is 1. The van der Waals surface area contributed by atoms with Gasteiger partial charge < -0.3 is 9.64 Å². The largest absolute Gasteiger partial charge is 0.381 e. The summed E-state index contributed by atoms with van der Waals surface area (Å²) in [6.45, 7) is 3.61. The number of likely N-dealkylation sites (tertiary alicyclic amines) is 1. The maximum absolute atomic E-state index is 12.8. The zero-order chi connectivity index (χ0) is 14.9. The number of carbonyl (C=O) groups excluding carboxylic acids is 1. The Kier molecular flexibility index (Phi) is 3.98. The molecule has 1 saturated carbocycles. The van der Waals surface area contributed by atoms with E-state index in [2.05, 4.69) is 4.98 Å². The van der Waals surface area contributed by atoms with Gasteiger partial charge in [0.15, 0.2) is 0 Å². The summed E-state index contributed by atoms with van der Waals surface area (Å²) in [6.07, 6.45) is 7.76. The molecule has 114 valence electrons. The number of carbonyl (C=O) groups is 1. The van der Waals surface area contributed by atoms with E-state index in [0.717, 1.165) is 31.5 Å². The van der Waals surface area contributed by atoms with E-state index in [9.17, 15) is 4.79 Å². The lowest BCUT2D eigenvalue weighted by atomic mass is 9.76. The molecule has 1 amide bonds. The highest BCUT2D eigenvalue weighted by molar-refractivity contribution is 5.93. The molecule has 0 N–H and O–H groups in total. The smallest absolute Gasteiger partial charge is 0.272 e. The molecule has 0 aromatic carbocycles. The van der Waals surface area contributed by atoms with Crippen molar-refractivity contribution in [3.8, 4) is 0 Å². The molecule has 0 bridgehead atoms. The molecule has 1 spiro atoms. The second-order valence-electron chi connectivity index (χ2n) is 6.48. The standard InChI is InChI=1S/C17H24N2O2/c1-13-6-4-10-18-15(13)16(20)19-11-5-9-17(12-19)8-3-7-14(17)21-2/h4,6,10,14H,3,5,7-9,11-12H2,1-2H3/t14-,17+/m1/s1. The minimum absolute atomic E-state index is 0.0777. The number of methoxy groups -OCH3 is 1. The molecule has 1 aromatic rings. The van der Waals surface area contributed by atoms with Gasteiger partial charge in [-0.15, -0.1) is 0 Å². The average molecular weight is 288 g/mol. The number of ether oxygens (including phenoxy) is 1. The summed E-state index contributed by atoms with van der Waals surface area (Å²) in [7, 11) is 1.81. The predicted octanol–water partition coefficient (Wildman–Crippen LogP) is 2.81. The Bertz CT molecular complexity index is 531. The quantitative estimate of drug-likeness (QED) is 0.840. The molecule has 1 saturated heterocycles. The lowest BCUT2D eigenvalue weighted by molar-refractivity contribution is -0.0296. The van der Waals surface area contributed by atoms with Crippen molar-refractivity contribution in [2.75, 3.05) is 20.2 Å². The van der Waals surface area contributed by atoms with Crippen molar-refractivity contribution in [1.82, 2.24) is 9.88 Å². The summed E-state index contributed by atoms with van der Waals surface area (Å²) in [5, 5.41) is 0. The van der Waals surface area contributed by atoms with E-state index in [1.54, 1.807) is 13.3 Å². The first-order valence-corrected chi connectivity index (χ1v) is 7.90. The van der Waals surface area contributed by atoms with E-state index < -0.39 is 0 Å². The molecule has 0 radical (unpaired) electrons. The molecular weight excluding hydrogens is 264 g/mol. The van der Waals surface area contributed by atoms with Crippen LogP contribution in [0.3, 0.4) is 0 Å². The van der Waals surface area contributed by atoms with Gasteiger partial charge in [0, 0.05) is 31.8 Å². The van der Waals surface area contributed by atoms with E-state index in [0.29, 0.717) is 11.8 Å². The van der Waals surface area contributed by atoms with E-state index in [1.807, 2.05) is 24.0 Å². The third-order valence-corrected chi connectivity index (χ3v) is 5.22. The molecule has 2 aliphatic rings. The minimum atomic E-state index is 0.0777. The summed E-state index contributed by atoms with van der Waals surface area (Å²) in [4.78, 5) is 19.1. The van der Waals surface area contributed by atoms with Gasteiger partial charge >= 0.3 is 0 Å². The van der Waals surface area contributed by atoms with Gasteiger partial charge in [0.05, 0.1) is 6.10 Å². The lowest BCUT2D eigenvalue weighted by Crippen LogP contribution is -2.50. The van der Waals surface area contributed by atoms with Crippen molar-refractivity contribution in [1.29, 1.82) is 0 Å². The molecule has 2 atom stereocenters. The highest BCUT2D eigenvalue weighted by Crippen LogP contribution is 2.46. The molecular formula is C17H24N2O2. The van der Waals surface area contributed by atoms with Gasteiger partial charge in [0.25, 0.3) is 5.91 Å². The van der Waals surface area contributed by atoms with Crippen LogP contribution in [0.5, 0.6) is 0 Å². The monoisotopic (exact) mass is 288 g/mol. The molecule has 1 aliphatic heterocycles. The lowest BCUT2D eigenvalue weighted by Gasteiger charge is -2.43. The highest BCUT2D eigenvalue weighted by atomic mass is 16.5.